The van der Waals surface area contributed by atoms with Crippen molar-refractivity contribution in [2.75, 3.05) is 15.1 Å². The Morgan fingerprint density at radius 2 is 0.955 bits per heavy atom. The molecule has 88 heavy (non-hydrogen) atoms. The van der Waals surface area contributed by atoms with E-state index in [0.29, 0.717) is 0 Å². The predicted octanol–water partition coefficient (Wildman–Crippen LogP) is 21.9. The molecule has 444 valence electrons. The minimum Gasteiger partial charge on any atom is -0.456 e. The Balaban J connectivity index is 1.07. The van der Waals surface area contributed by atoms with E-state index in [9.17, 15) is 0 Å². The highest BCUT2D eigenvalue weighted by Gasteiger charge is 2.43. The second-order valence-corrected chi connectivity index (χ2v) is 31.8. The summed E-state index contributed by atoms with van der Waals surface area (Å²) >= 11 is 0. The van der Waals surface area contributed by atoms with Crippen molar-refractivity contribution >= 4 is 108 Å². The van der Waals surface area contributed by atoms with Gasteiger partial charge in [0.2, 0.25) is 0 Å². The zero-order valence-electron chi connectivity index (χ0n) is 54.7. The minimum absolute atomic E-state index is 0.00875. The third kappa shape index (κ3) is 8.99. The third-order valence-corrected chi connectivity index (χ3v) is 22.0. The molecule has 0 bridgehead atoms. The van der Waals surface area contributed by atoms with E-state index < -0.39 is 0 Å². The number of nitrogens with zero attached hydrogens (tertiary/aromatic N) is 2. The van der Waals surface area contributed by atoms with E-state index in [-0.39, 0.29) is 37.9 Å². The van der Waals surface area contributed by atoms with Crippen LogP contribution in [0.25, 0.3) is 55.0 Å². The van der Waals surface area contributed by atoms with Crippen LogP contribution in [0, 0.1) is 0 Å². The second-order valence-electron chi connectivity index (χ2n) is 31.8. The van der Waals surface area contributed by atoms with Gasteiger partial charge in [0.05, 0.1) is 5.69 Å². The summed E-state index contributed by atoms with van der Waals surface area (Å²) in [5.41, 5.74) is 27.2. The van der Waals surface area contributed by atoms with Crippen molar-refractivity contribution in [3.8, 4) is 11.1 Å². The Kier molecular flexibility index (Phi) is 12.4. The lowest BCUT2D eigenvalue weighted by molar-refractivity contribution is 0.332. The highest BCUT2D eigenvalue weighted by atomic mass is 16.3. The molecule has 3 heterocycles. The van der Waals surface area contributed by atoms with Gasteiger partial charge in [-0.2, -0.15) is 0 Å². The van der Waals surface area contributed by atoms with Crippen LogP contribution in [0.5, 0.6) is 0 Å². The van der Waals surface area contributed by atoms with E-state index in [2.05, 4.69) is 283 Å². The summed E-state index contributed by atoms with van der Waals surface area (Å²) in [5.74, 6) is 0. The van der Waals surface area contributed by atoms with Crippen LogP contribution < -0.4 is 26.0 Å². The Bertz CT molecular complexity index is 4690. The van der Waals surface area contributed by atoms with Gasteiger partial charge in [0.15, 0.2) is 7.28 Å². The zero-order chi connectivity index (χ0) is 61.4. The number of fused-ring (bicyclic) bond motifs is 11. The molecule has 1 N–H and O–H groups in total. The molecule has 0 fully saturated rings. The van der Waals surface area contributed by atoms with Crippen LogP contribution in [0.4, 0.5) is 45.5 Å². The molecule has 4 aliphatic rings. The molecule has 0 saturated heterocycles. The largest absolute Gasteiger partial charge is 0.456 e. The van der Waals surface area contributed by atoms with Crippen LogP contribution in [0.1, 0.15) is 181 Å². The Hall–Kier alpha value is -7.96. The number of hydrogen-bond donors (Lipinski definition) is 1. The molecule has 0 unspecified atom stereocenters. The number of anilines is 8. The van der Waals surface area contributed by atoms with Gasteiger partial charge in [-0.1, -0.05) is 176 Å². The Morgan fingerprint density at radius 1 is 0.432 bits per heavy atom. The smallest absolute Gasteiger partial charge is 0.198 e. The van der Waals surface area contributed by atoms with Crippen LogP contribution in [0.3, 0.4) is 0 Å². The molecule has 9 aromatic carbocycles. The fourth-order valence-electron chi connectivity index (χ4n) is 16.1. The summed E-state index contributed by atoms with van der Waals surface area (Å²) in [6, 6.07) is 62.7. The summed E-state index contributed by atoms with van der Waals surface area (Å²) in [7, 11) is 0.730. The molecule has 2 aromatic heterocycles. The van der Waals surface area contributed by atoms with Gasteiger partial charge in [0.25, 0.3) is 0 Å². The summed E-state index contributed by atoms with van der Waals surface area (Å²) in [4.78, 5) is 5.16. The highest BCUT2D eigenvalue weighted by molar-refractivity contribution is 6.73. The first-order valence-corrected chi connectivity index (χ1v) is 32.6. The van der Waals surface area contributed by atoms with Crippen molar-refractivity contribution in [2.24, 2.45) is 0 Å². The second kappa shape index (κ2) is 19.3. The number of para-hydroxylation sites is 2. The summed E-state index contributed by atoms with van der Waals surface area (Å²) in [6.45, 7) is 36.3. The minimum atomic E-state index is -0.0380. The standard InChI is InChI=1S/C82H86BN3O2/c1-76(2,3)49-24-27-51(28-25-49)85(53-29-31-57-55-20-16-18-22-70(55)87-72(57)46-53)54-43-59(73-67(35-32-58-56-21-17-19-23-71(56)88-75(58)73)84-50-26-33-60-62(42-50)79(8,9)38-36-77(60,4)5)74-69(45-54)86(52-30-34-61-63(44-52)80(10,11)39-37-78(61,6)7)68-48-65-64(47-66(68)83-74)81(12,13)40-41-82(65,14)15/h16-35,42-48,83-84H,36-41H2,1-15H3. The molecule has 11 aromatic rings. The van der Waals surface area contributed by atoms with Gasteiger partial charge in [-0.05, 0) is 217 Å². The van der Waals surface area contributed by atoms with E-state index in [4.69, 9.17) is 8.83 Å². The number of rotatable bonds is 7. The van der Waals surface area contributed by atoms with Crippen LogP contribution in [-0.4, -0.2) is 7.28 Å². The third-order valence-electron chi connectivity index (χ3n) is 22.0. The normalized spacial score (nSPS) is 18.3. The molecule has 5 nitrogen and oxygen atoms in total. The van der Waals surface area contributed by atoms with E-state index in [1.54, 1.807) is 0 Å². The number of furan rings is 2. The maximum atomic E-state index is 7.38. The average molecular weight is 1160 g/mol. The van der Waals surface area contributed by atoms with Gasteiger partial charge < -0.3 is 24.0 Å². The van der Waals surface area contributed by atoms with E-state index >= 15 is 0 Å². The van der Waals surface area contributed by atoms with Gasteiger partial charge >= 0.3 is 0 Å². The predicted molar refractivity (Wildman–Crippen MR) is 376 cm³/mol. The average Bonchev–Trinajstić information content (AvgIpc) is 1.15. The lowest BCUT2D eigenvalue weighted by Crippen LogP contribution is -2.44. The maximum absolute atomic E-state index is 7.38. The number of benzene rings is 9. The molecule has 6 heteroatoms. The molecular formula is C82H86BN3O2. The van der Waals surface area contributed by atoms with E-state index in [1.807, 2.05) is 0 Å². The van der Waals surface area contributed by atoms with Gasteiger partial charge in [0, 0.05) is 73.0 Å². The van der Waals surface area contributed by atoms with Crippen LogP contribution in [-0.2, 0) is 37.9 Å². The first-order chi connectivity index (χ1) is 41.7. The summed E-state index contributed by atoms with van der Waals surface area (Å²) < 4.78 is 14.2. The fraction of sp³-hybridized carbons (Fsp3) is 0.341. The fourth-order valence-corrected chi connectivity index (χ4v) is 16.1. The zero-order valence-corrected chi connectivity index (χ0v) is 54.7. The van der Waals surface area contributed by atoms with Crippen LogP contribution >= 0.6 is 0 Å². The quantitative estimate of drug-likeness (QED) is 0.161. The SMILES string of the molecule is CC(C)(C)c1ccc(N(c2cc(-c3c(Nc4ccc5c(c4)C(C)(C)CCC5(C)C)ccc4c3oc3ccccc34)c3c(c2)N(c2ccc4c(c2)C(C)(C)CCC4(C)C)c2cc4c(cc2B3)C(C)(C)CCC4(C)C)c2ccc3c(c2)oc2ccccc23)cc1. The van der Waals surface area contributed by atoms with Crippen molar-refractivity contribution in [3.05, 3.63) is 203 Å². The molecule has 0 amide bonds. The van der Waals surface area contributed by atoms with Crippen molar-refractivity contribution in [2.45, 2.75) is 180 Å². The first-order valence-electron chi connectivity index (χ1n) is 32.6. The topological polar surface area (TPSA) is 44.8 Å². The van der Waals surface area contributed by atoms with Gasteiger partial charge in [-0.3, -0.25) is 0 Å². The van der Waals surface area contributed by atoms with Crippen molar-refractivity contribution < 1.29 is 8.83 Å². The molecule has 0 radical (unpaired) electrons. The molecular weight excluding hydrogens is 1070 g/mol. The van der Waals surface area contributed by atoms with Crippen molar-refractivity contribution in [3.63, 3.8) is 0 Å². The Labute approximate surface area is 522 Å². The van der Waals surface area contributed by atoms with Gasteiger partial charge in [0.1, 0.15) is 22.3 Å². The lowest BCUT2D eigenvalue weighted by atomic mass is 9.55. The van der Waals surface area contributed by atoms with Crippen molar-refractivity contribution in [1.29, 1.82) is 0 Å². The lowest BCUT2D eigenvalue weighted by Gasteiger charge is -2.45. The molecule has 0 atom stereocenters. The van der Waals surface area contributed by atoms with Crippen LogP contribution in [0.2, 0.25) is 0 Å². The summed E-state index contributed by atoms with van der Waals surface area (Å²) in [5, 5.41) is 8.59. The summed E-state index contributed by atoms with van der Waals surface area (Å²) in [6.07, 6.45) is 6.86. The highest BCUT2D eigenvalue weighted by Crippen LogP contribution is 2.54. The molecule has 0 spiro atoms. The maximum Gasteiger partial charge on any atom is 0.198 e. The van der Waals surface area contributed by atoms with Crippen molar-refractivity contribution in [1.82, 2.24) is 0 Å². The monoisotopic (exact) mass is 1160 g/mol. The number of hydrogen-bond acceptors (Lipinski definition) is 5. The van der Waals surface area contributed by atoms with E-state index in [0.717, 1.165) is 129 Å². The molecule has 3 aliphatic carbocycles. The van der Waals surface area contributed by atoms with Gasteiger partial charge in [-0.15, -0.1) is 0 Å². The van der Waals surface area contributed by atoms with E-state index in [1.165, 1.54) is 66.9 Å². The molecule has 0 saturated carbocycles. The molecule has 1 aliphatic heterocycles. The van der Waals surface area contributed by atoms with Crippen LogP contribution in [0.15, 0.2) is 173 Å². The first kappa shape index (κ1) is 56.5. The molecule has 15 rings (SSSR count). The number of nitrogens with one attached hydrogen (secondary N) is 1. The van der Waals surface area contributed by atoms with Gasteiger partial charge in [-0.25, -0.2) is 0 Å². The Morgan fingerprint density at radius 3 is 1.59 bits per heavy atom.